The maximum atomic E-state index is 10.2. The first-order chi connectivity index (χ1) is 10.1. The van der Waals surface area contributed by atoms with Crippen LogP contribution < -0.4 is 0 Å². The van der Waals surface area contributed by atoms with E-state index in [4.69, 9.17) is 0 Å². The summed E-state index contributed by atoms with van der Waals surface area (Å²) >= 11 is 3.67. The van der Waals surface area contributed by atoms with Crippen molar-refractivity contribution < 1.29 is 5.11 Å². The third-order valence-electron chi connectivity index (χ3n) is 4.37. The smallest absolute Gasteiger partial charge is 0.0807 e. The first-order valence-corrected chi connectivity index (χ1v) is 8.46. The van der Waals surface area contributed by atoms with E-state index < -0.39 is 0 Å². The number of nitrogens with zero attached hydrogens (tertiary/aromatic N) is 3. The highest BCUT2D eigenvalue weighted by molar-refractivity contribution is 9.10. The van der Waals surface area contributed by atoms with Gasteiger partial charge in [-0.1, -0.05) is 13.3 Å². The minimum Gasteiger partial charge on any atom is -0.388 e. The van der Waals surface area contributed by atoms with Crippen molar-refractivity contribution in [3.05, 3.63) is 39.4 Å². The molecule has 2 heterocycles. The Morgan fingerprint density at radius 1 is 1.38 bits per heavy atom. The van der Waals surface area contributed by atoms with Gasteiger partial charge in [0.2, 0.25) is 0 Å². The van der Waals surface area contributed by atoms with Crippen LogP contribution in [0.1, 0.15) is 54.8 Å². The van der Waals surface area contributed by atoms with Gasteiger partial charge in [-0.15, -0.1) is 0 Å². The molecule has 3 rings (SSSR count). The first kappa shape index (κ1) is 14.9. The molecular weight excluding hydrogens is 330 g/mol. The third-order valence-corrected chi connectivity index (χ3v) is 5.28. The minimum atomic E-state index is -0.301. The molecule has 0 amide bonds. The molecule has 4 nitrogen and oxygen atoms in total. The Balaban J connectivity index is 1.89. The highest BCUT2D eigenvalue weighted by Gasteiger charge is 2.19. The van der Waals surface area contributed by atoms with Crippen LogP contribution in [-0.4, -0.2) is 19.5 Å². The van der Waals surface area contributed by atoms with Crippen molar-refractivity contribution in [2.45, 2.75) is 51.7 Å². The summed E-state index contributed by atoms with van der Waals surface area (Å²) in [6, 6.07) is 0. The van der Waals surface area contributed by atoms with Gasteiger partial charge in [0.05, 0.1) is 28.5 Å². The Kier molecular flexibility index (Phi) is 4.22. The van der Waals surface area contributed by atoms with Crippen molar-refractivity contribution >= 4 is 15.9 Å². The molecule has 1 unspecified atom stereocenters. The maximum Gasteiger partial charge on any atom is 0.0807 e. The van der Waals surface area contributed by atoms with E-state index in [0.29, 0.717) is 0 Å². The number of halogens is 1. The monoisotopic (exact) mass is 351 g/mol. The lowest BCUT2D eigenvalue weighted by molar-refractivity contribution is 0.166. The zero-order chi connectivity index (χ0) is 15.0. The summed E-state index contributed by atoms with van der Waals surface area (Å²) in [6.45, 7) is 2.90. The Bertz CT molecular complexity index is 644. The largest absolute Gasteiger partial charge is 0.388 e. The van der Waals surface area contributed by atoms with Crippen LogP contribution in [0.25, 0.3) is 0 Å². The van der Waals surface area contributed by atoms with Crippen LogP contribution in [0.15, 0.2) is 16.9 Å². The van der Waals surface area contributed by atoms with Crippen LogP contribution in [0, 0.1) is 0 Å². The lowest BCUT2D eigenvalue weighted by atomic mass is 10.1. The number of hydrogen-bond acceptors (Lipinski definition) is 2. The molecule has 1 aliphatic rings. The van der Waals surface area contributed by atoms with Crippen molar-refractivity contribution in [2.75, 3.05) is 0 Å². The topological polar surface area (TPSA) is 43.0 Å². The molecule has 114 valence electrons. The number of hydrogen-bond donors (Lipinski definition) is 1. The molecule has 2 aromatic rings. The van der Waals surface area contributed by atoms with Crippen LogP contribution in [0.3, 0.4) is 0 Å². The van der Waals surface area contributed by atoms with Crippen molar-refractivity contribution in [3.63, 3.8) is 0 Å². The van der Waals surface area contributed by atoms with Crippen LogP contribution in [0.2, 0.25) is 0 Å². The quantitative estimate of drug-likeness (QED) is 0.861. The van der Waals surface area contributed by atoms with E-state index in [1.54, 1.807) is 0 Å². The van der Waals surface area contributed by atoms with Crippen molar-refractivity contribution in [2.24, 2.45) is 7.05 Å². The summed E-state index contributed by atoms with van der Waals surface area (Å²) < 4.78 is 5.24. The summed E-state index contributed by atoms with van der Waals surface area (Å²) in [5.41, 5.74) is 4.68. The molecule has 0 spiro atoms. The molecule has 0 aromatic carbocycles. The Hall–Kier alpha value is -1.07. The van der Waals surface area contributed by atoms with Gasteiger partial charge in [0.25, 0.3) is 0 Å². The van der Waals surface area contributed by atoms with E-state index in [1.165, 1.54) is 17.7 Å². The van der Waals surface area contributed by atoms with Crippen LogP contribution in [-0.2, 0) is 26.4 Å². The fraction of sp³-hybridized carbons (Fsp3) is 0.562. The summed E-state index contributed by atoms with van der Waals surface area (Å²) in [6.07, 6.45) is 9.16. The summed E-state index contributed by atoms with van der Waals surface area (Å²) in [4.78, 5) is 0. The molecule has 0 fully saturated rings. The van der Waals surface area contributed by atoms with Gasteiger partial charge < -0.3 is 9.67 Å². The molecular formula is C16H22BrN3O. The average Bonchev–Trinajstić information content (AvgIpc) is 2.94. The molecule has 0 radical (unpaired) electrons. The molecule has 0 saturated carbocycles. The molecule has 0 bridgehead atoms. The van der Waals surface area contributed by atoms with E-state index in [9.17, 15) is 5.11 Å². The molecule has 2 aromatic heterocycles. The molecule has 21 heavy (non-hydrogen) atoms. The van der Waals surface area contributed by atoms with Gasteiger partial charge in [0.1, 0.15) is 0 Å². The zero-order valence-corrected chi connectivity index (χ0v) is 14.2. The number of rotatable bonds is 3. The highest BCUT2D eigenvalue weighted by atomic mass is 79.9. The van der Waals surface area contributed by atoms with Gasteiger partial charge in [-0.25, -0.2) is 0 Å². The number of aliphatic hydroxyl groups excluding tert-OH is 1. The Morgan fingerprint density at radius 3 is 2.90 bits per heavy atom. The van der Waals surface area contributed by atoms with Crippen molar-refractivity contribution in [3.8, 4) is 0 Å². The molecule has 0 saturated heterocycles. The van der Waals surface area contributed by atoms with Gasteiger partial charge in [0, 0.05) is 25.0 Å². The van der Waals surface area contributed by atoms with Gasteiger partial charge in [-0.3, -0.25) is 4.68 Å². The maximum absolute atomic E-state index is 10.2. The van der Waals surface area contributed by atoms with E-state index in [-0.39, 0.29) is 6.10 Å². The minimum absolute atomic E-state index is 0.301. The Morgan fingerprint density at radius 2 is 2.19 bits per heavy atom. The standard InChI is InChI=1S/C16H22BrN3O/c1-3-13-16(17)14(19(2)18-13)10-20-8-11-6-4-5-7-15(21)12(11)9-20/h8-9,15,21H,3-7,10H2,1-2H3. The molecule has 5 heteroatoms. The van der Waals surface area contributed by atoms with Gasteiger partial charge >= 0.3 is 0 Å². The normalized spacial score (nSPS) is 18.6. The SMILES string of the molecule is CCc1nn(C)c(Cn2cc3c(c2)C(O)CCCC3)c1Br. The van der Waals surface area contributed by atoms with E-state index in [1.807, 2.05) is 11.7 Å². The molecule has 1 aliphatic carbocycles. The summed E-state index contributed by atoms with van der Waals surface area (Å²) in [5, 5.41) is 14.8. The predicted molar refractivity (Wildman–Crippen MR) is 86.3 cm³/mol. The van der Waals surface area contributed by atoms with E-state index in [2.05, 4.69) is 44.9 Å². The summed E-state index contributed by atoms with van der Waals surface area (Å²) in [7, 11) is 1.99. The number of fused-ring (bicyclic) bond motifs is 1. The Labute approximate surface area is 133 Å². The van der Waals surface area contributed by atoms with Crippen LogP contribution in [0.4, 0.5) is 0 Å². The predicted octanol–water partition coefficient (Wildman–Crippen LogP) is 3.35. The second-order valence-electron chi connectivity index (χ2n) is 5.86. The number of aromatic nitrogens is 3. The molecule has 1 atom stereocenters. The molecule has 1 N–H and O–H groups in total. The lowest BCUT2D eigenvalue weighted by Gasteiger charge is -2.07. The average molecular weight is 352 g/mol. The second kappa shape index (κ2) is 5.97. The van der Waals surface area contributed by atoms with Crippen molar-refractivity contribution in [1.82, 2.24) is 14.3 Å². The van der Waals surface area contributed by atoms with Crippen LogP contribution >= 0.6 is 15.9 Å². The first-order valence-electron chi connectivity index (χ1n) is 7.67. The third kappa shape index (κ3) is 2.81. The zero-order valence-electron chi connectivity index (χ0n) is 12.6. The highest BCUT2D eigenvalue weighted by Crippen LogP contribution is 2.30. The molecule has 0 aliphatic heterocycles. The van der Waals surface area contributed by atoms with Gasteiger partial charge in [-0.05, 0) is 47.2 Å². The number of aliphatic hydroxyl groups is 1. The fourth-order valence-electron chi connectivity index (χ4n) is 3.15. The summed E-state index contributed by atoms with van der Waals surface area (Å²) in [5.74, 6) is 0. The van der Waals surface area contributed by atoms with E-state index in [0.717, 1.165) is 48.0 Å². The number of aryl methyl sites for hydroxylation is 3. The van der Waals surface area contributed by atoms with Gasteiger partial charge in [-0.2, -0.15) is 5.10 Å². The second-order valence-corrected chi connectivity index (χ2v) is 6.65. The fourth-order valence-corrected chi connectivity index (χ4v) is 3.89. The van der Waals surface area contributed by atoms with Gasteiger partial charge in [0.15, 0.2) is 0 Å². The van der Waals surface area contributed by atoms with Crippen LogP contribution in [0.5, 0.6) is 0 Å². The van der Waals surface area contributed by atoms with Crippen molar-refractivity contribution in [1.29, 1.82) is 0 Å². The van der Waals surface area contributed by atoms with E-state index >= 15 is 0 Å². The lowest BCUT2D eigenvalue weighted by Crippen LogP contribution is -2.04.